The van der Waals surface area contributed by atoms with E-state index in [-0.39, 0.29) is 11.4 Å². The molecule has 164 valence electrons. The molecule has 1 aliphatic rings. The van der Waals surface area contributed by atoms with Gasteiger partial charge in [0, 0.05) is 46.0 Å². The molecule has 1 N–H and O–H groups in total. The maximum atomic E-state index is 12.9. The minimum atomic E-state index is -5.01. The Bertz CT molecular complexity index is 1180. The highest BCUT2D eigenvalue weighted by molar-refractivity contribution is 6.01. The van der Waals surface area contributed by atoms with Gasteiger partial charge in [-0.25, -0.2) is 4.79 Å². The quantitative estimate of drug-likeness (QED) is 0.690. The fourth-order valence-electron chi connectivity index (χ4n) is 3.93. The number of carbonyl (C=O) groups is 1. The Morgan fingerprint density at radius 2 is 1.45 bits per heavy atom. The molecule has 0 bridgehead atoms. The number of aryl methyl sites for hydroxylation is 2. The van der Waals surface area contributed by atoms with Crippen molar-refractivity contribution in [2.75, 3.05) is 41.3 Å². The van der Waals surface area contributed by atoms with Gasteiger partial charge >= 0.3 is 17.8 Å². The summed E-state index contributed by atoms with van der Waals surface area (Å²) in [5.41, 5.74) is 2.29. The van der Waals surface area contributed by atoms with Crippen LogP contribution < -0.4 is 20.8 Å². The molecule has 3 aromatic rings. The van der Waals surface area contributed by atoms with Crippen molar-refractivity contribution in [1.29, 1.82) is 0 Å². The van der Waals surface area contributed by atoms with Crippen molar-refractivity contribution in [2.45, 2.75) is 6.18 Å². The van der Waals surface area contributed by atoms with Gasteiger partial charge in [0.05, 0.1) is 22.4 Å². The molecule has 1 saturated heterocycles. The summed E-state index contributed by atoms with van der Waals surface area (Å²) in [5.74, 6) is -2.04. The van der Waals surface area contributed by atoms with Crippen LogP contribution in [0.2, 0.25) is 0 Å². The fraction of sp³-hybridized carbons (Fsp3) is 0.333. The van der Waals surface area contributed by atoms with E-state index in [2.05, 4.69) is 4.90 Å². The van der Waals surface area contributed by atoms with Gasteiger partial charge in [-0.3, -0.25) is 13.9 Å². The van der Waals surface area contributed by atoms with Crippen molar-refractivity contribution in [3.05, 3.63) is 52.9 Å². The van der Waals surface area contributed by atoms with Crippen molar-refractivity contribution in [3.8, 4) is 0 Å². The lowest BCUT2D eigenvalue weighted by molar-refractivity contribution is -0.167. The number of hydrogen-bond donors (Lipinski definition) is 1. The molecule has 0 atom stereocenters. The van der Waals surface area contributed by atoms with Crippen LogP contribution in [0.25, 0.3) is 11.0 Å². The molecule has 0 aliphatic carbocycles. The number of imidazole rings is 1. The van der Waals surface area contributed by atoms with Crippen molar-refractivity contribution in [2.24, 2.45) is 14.1 Å². The SMILES string of the molecule is Cn1c(=O)n(C)c2cc(N3CCN(c4ccccc4)CC3)c(NC(=O)C(F)(F)F)cc21. The minimum Gasteiger partial charge on any atom is -0.368 e. The molecule has 7 nitrogen and oxygen atoms in total. The van der Waals surface area contributed by atoms with E-state index < -0.39 is 12.1 Å². The molecule has 10 heteroatoms. The number of nitrogens with zero attached hydrogens (tertiary/aromatic N) is 4. The number of rotatable bonds is 3. The topological polar surface area (TPSA) is 62.5 Å². The van der Waals surface area contributed by atoms with E-state index in [0.29, 0.717) is 42.9 Å². The number of amides is 1. The van der Waals surface area contributed by atoms with E-state index in [1.807, 2.05) is 40.5 Å². The van der Waals surface area contributed by atoms with Crippen LogP contribution in [-0.4, -0.2) is 47.4 Å². The number of anilines is 3. The number of aromatic nitrogens is 2. The summed E-state index contributed by atoms with van der Waals surface area (Å²) in [5, 5.41) is 1.99. The molecule has 1 amide bonds. The van der Waals surface area contributed by atoms with Crippen molar-refractivity contribution in [3.63, 3.8) is 0 Å². The van der Waals surface area contributed by atoms with Crippen molar-refractivity contribution in [1.82, 2.24) is 9.13 Å². The van der Waals surface area contributed by atoms with E-state index in [0.717, 1.165) is 5.69 Å². The van der Waals surface area contributed by atoms with Crippen LogP contribution in [0, 0.1) is 0 Å². The smallest absolute Gasteiger partial charge is 0.368 e. The second-order valence-electron chi connectivity index (χ2n) is 7.52. The summed E-state index contributed by atoms with van der Waals surface area (Å²) >= 11 is 0. The molecule has 2 aromatic carbocycles. The predicted molar refractivity (Wildman–Crippen MR) is 114 cm³/mol. The largest absolute Gasteiger partial charge is 0.471 e. The summed E-state index contributed by atoms with van der Waals surface area (Å²) in [7, 11) is 3.15. The first-order valence-corrected chi connectivity index (χ1v) is 9.79. The van der Waals surface area contributed by atoms with E-state index in [1.165, 1.54) is 15.2 Å². The molecule has 0 saturated carbocycles. The van der Waals surface area contributed by atoms with Crippen LogP contribution >= 0.6 is 0 Å². The number of carbonyl (C=O) groups excluding carboxylic acids is 1. The third-order valence-electron chi connectivity index (χ3n) is 5.64. The second-order valence-corrected chi connectivity index (χ2v) is 7.52. The molecular weight excluding hydrogens is 411 g/mol. The van der Waals surface area contributed by atoms with E-state index in [1.54, 1.807) is 20.2 Å². The number of halogens is 3. The van der Waals surface area contributed by atoms with E-state index >= 15 is 0 Å². The average Bonchev–Trinajstić information content (AvgIpc) is 2.97. The third kappa shape index (κ3) is 3.85. The first kappa shape index (κ1) is 20.8. The maximum absolute atomic E-state index is 12.9. The summed E-state index contributed by atoms with van der Waals surface area (Å²) in [6, 6.07) is 13.0. The Morgan fingerprint density at radius 3 is 2.03 bits per heavy atom. The van der Waals surface area contributed by atoms with Gasteiger partial charge in [-0.15, -0.1) is 0 Å². The Morgan fingerprint density at radius 1 is 0.903 bits per heavy atom. The molecule has 2 heterocycles. The number of benzene rings is 2. The second kappa shape index (κ2) is 7.68. The third-order valence-corrected chi connectivity index (χ3v) is 5.64. The lowest BCUT2D eigenvalue weighted by Gasteiger charge is -2.38. The predicted octanol–water partition coefficient (Wildman–Crippen LogP) is 2.70. The van der Waals surface area contributed by atoms with Crippen LogP contribution in [0.1, 0.15) is 0 Å². The Labute approximate surface area is 176 Å². The van der Waals surface area contributed by atoms with Gasteiger partial charge in [0.15, 0.2) is 0 Å². The fourth-order valence-corrected chi connectivity index (χ4v) is 3.93. The summed E-state index contributed by atoms with van der Waals surface area (Å²) in [6.07, 6.45) is -5.01. The van der Waals surface area contributed by atoms with Crippen LogP contribution in [-0.2, 0) is 18.9 Å². The van der Waals surface area contributed by atoms with Gasteiger partial charge in [0.25, 0.3) is 0 Å². The van der Waals surface area contributed by atoms with Crippen LogP contribution in [0.15, 0.2) is 47.3 Å². The summed E-state index contributed by atoms with van der Waals surface area (Å²) in [4.78, 5) is 28.1. The van der Waals surface area contributed by atoms with Gasteiger partial charge < -0.3 is 15.1 Å². The number of piperazine rings is 1. The number of alkyl halides is 3. The zero-order valence-electron chi connectivity index (χ0n) is 17.1. The Balaban J connectivity index is 1.70. The number of para-hydroxylation sites is 1. The number of fused-ring (bicyclic) bond motifs is 1. The zero-order chi connectivity index (χ0) is 22.3. The standard InChI is InChI=1S/C21H22F3N5O2/c1-26-17-12-15(25-19(30)21(22,23)24)16(13-18(17)27(2)20(26)31)29-10-8-28(9-11-29)14-6-4-3-5-7-14/h3-7,12-13H,8-11H2,1-2H3,(H,25,30). The highest BCUT2D eigenvalue weighted by atomic mass is 19.4. The van der Waals surface area contributed by atoms with Crippen LogP contribution in [0.3, 0.4) is 0 Å². The molecule has 0 spiro atoms. The normalized spacial score (nSPS) is 14.9. The molecule has 0 radical (unpaired) electrons. The van der Waals surface area contributed by atoms with Gasteiger partial charge in [-0.2, -0.15) is 13.2 Å². The maximum Gasteiger partial charge on any atom is 0.471 e. The number of hydrogen-bond acceptors (Lipinski definition) is 4. The first-order valence-electron chi connectivity index (χ1n) is 9.79. The van der Waals surface area contributed by atoms with Crippen molar-refractivity contribution >= 4 is 34.0 Å². The molecule has 1 fully saturated rings. The minimum absolute atomic E-state index is 0.0317. The number of nitrogens with one attached hydrogen (secondary N) is 1. The Kier molecular flexibility index (Phi) is 5.16. The average molecular weight is 433 g/mol. The van der Waals surface area contributed by atoms with Crippen LogP contribution in [0.5, 0.6) is 0 Å². The molecule has 1 aliphatic heterocycles. The van der Waals surface area contributed by atoms with E-state index in [9.17, 15) is 22.8 Å². The van der Waals surface area contributed by atoms with Crippen LogP contribution in [0.4, 0.5) is 30.2 Å². The lowest BCUT2D eigenvalue weighted by atomic mass is 10.1. The lowest BCUT2D eigenvalue weighted by Crippen LogP contribution is -2.46. The van der Waals surface area contributed by atoms with E-state index in [4.69, 9.17) is 0 Å². The highest BCUT2D eigenvalue weighted by Gasteiger charge is 2.39. The molecule has 31 heavy (non-hydrogen) atoms. The monoisotopic (exact) mass is 433 g/mol. The highest BCUT2D eigenvalue weighted by Crippen LogP contribution is 2.33. The molecule has 0 unspecified atom stereocenters. The van der Waals surface area contributed by atoms with Crippen molar-refractivity contribution < 1.29 is 18.0 Å². The molecule has 1 aromatic heterocycles. The van der Waals surface area contributed by atoms with Gasteiger partial charge in [0.1, 0.15) is 0 Å². The summed E-state index contributed by atoms with van der Waals surface area (Å²) < 4.78 is 41.5. The Hall–Kier alpha value is -3.43. The van der Waals surface area contributed by atoms with Gasteiger partial charge in [-0.1, -0.05) is 18.2 Å². The summed E-state index contributed by atoms with van der Waals surface area (Å²) in [6.45, 7) is 2.44. The molecular formula is C21H22F3N5O2. The molecule has 4 rings (SSSR count). The first-order chi connectivity index (χ1) is 14.7. The zero-order valence-corrected chi connectivity index (χ0v) is 17.1. The van der Waals surface area contributed by atoms with Gasteiger partial charge in [0.2, 0.25) is 0 Å². The van der Waals surface area contributed by atoms with Gasteiger partial charge in [-0.05, 0) is 24.3 Å².